The quantitative estimate of drug-likeness (QED) is 0.863. The highest BCUT2D eigenvalue weighted by molar-refractivity contribution is 9.10. The Hall–Kier alpha value is -1.66. The van der Waals surface area contributed by atoms with Gasteiger partial charge >= 0.3 is 0 Å². The van der Waals surface area contributed by atoms with Gasteiger partial charge in [-0.15, -0.1) is 0 Å². The van der Waals surface area contributed by atoms with Gasteiger partial charge < -0.3 is 9.73 Å². The van der Waals surface area contributed by atoms with Crippen LogP contribution in [0.5, 0.6) is 0 Å². The molecule has 1 aliphatic rings. The summed E-state index contributed by atoms with van der Waals surface area (Å²) in [7, 11) is 0. The Kier molecular flexibility index (Phi) is 5.13. The fourth-order valence-corrected chi connectivity index (χ4v) is 3.32. The first-order valence-electron chi connectivity index (χ1n) is 7.61. The second-order valence-corrected chi connectivity index (χ2v) is 6.53. The van der Waals surface area contributed by atoms with E-state index in [1.165, 1.54) is 6.07 Å². The molecule has 122 valence electrons. The van der Waals surface area contributed by atoms with Crippen LogP contribution in [-0.2, 0) is 17.9 Å². The molecular formula is C17H18BrFN2O2. The molecule has 3 rings (SSSR count). The standard InChI is InChI=1S/C17H18BrFN2O2/c18-14-9-12(5-6-15(14)19)11-21-7-1-4-16(21)17(22)20-10-13-3-2-8-23-13/h2-3,5-6,8-9,16H,1,4,7,10-11H2,(H,20,22). The second-order valence-electron chi connectivity index (χ2n) is 5.67. The predicted octanol–water partition coefficient (Wildman–Crippen LogP) is 3.46. The lowest BCUT2D eigenvalue weighted by molar-refractivity contribution is -0.125. The molecule has 6 heteroatoms. The number of nitrogens with one attached hydrogen (secondary N) is 1. The van der Waals surface area contributed by atoms with Gasteiger partial charge in [-0.05, 0) is 65.1 Å². The van der Waals surface area contributed by atoms with Gasteiger partial charge in [0.25, 0.3) is 0 Å². The third-order valence-electron chi connectivity index (χ3n) is 4.05. The normalized spacial score (nSPS) is 18.3. The molecule has 1 aromatic heterocycles. The molecule has 0 aliphatic carbocycles. The Morgan fingerprint density at radius 2 is 2.30 bits per heavy atom. The van der Waals surface area contributed by atoms with Crippen LogP contribution in [0.1, 0.15) is 24.2 Å². The fourth-order valence-electron chi connectivity index (χ4n) is 2.89. The summed E-state index contributed by atoms with van der Waals surface area (Å²) in [6.07, 6.45) is 3.42. The minimum Gasteiger partial charge on any atom is -0.467 e. The van der Waals surface area contributed by atoms with E-state index in [9.17, 15) is 9.18 Å². The number of halogens is 2. The van der Waals surface area contributed by atoms with E-state index in [1.54, 1.807) is 24.5 Å². The van der Waals surface area contributed by atoms with E-state index in [-0.39, 0.29) is 17.8 Å². The van der Waals surface area contributed by atoms with E-state index in [0.717, 1.165) is 30.7 Å². The van der Waals surface area contributed by atoms with Crippen LogP contribution in [0.4, 0.5) is 4.39 Å². The lowest BCUT2D eigenvalue weighted by Gasteiger charge is -2.23. The zero-order valence-electron chi connectivity index (χ0n) is 12.6. The number of furan rings is 1. The number of hydrogen-bond acceptors (Lipinski definition) is 3. The van der Waals surface area contributed by atoms with Gasteiger partial charge in [-0.3, -0.25) is 9.69 Å². The van der Waals surface area contributed by atoms with Gasteiger partial charge in [0.2, 0.25) is 5.91 Å². The van der Waals surface area contributed by atoms with Crippen LogP contribution in [0.25, 0.3) is 0 Å². The number of likely N-dealkylation sites (tertiary alicyclic amines) is 1. The smallest absolute Gasteiger partial charge is 0.237 e. The van der Waals surface area contributed by atoms with Gasteiger partial charge in [-0.25, -0.2) is 4.39 Å². The number of carbonyl (C=O) groups is 1. The molecule has 1 aromatic carbocycles. The van der Waals surface area contributed by atoms with Crippen LogP contribution < -0.4 is 5.32 Å². The first kappa shape index (κ1) is 16.2. The van der Waals surface area contributed by atoms with Gasteiger partial charge in [0.1, 0.15) is 11.6 Å². The van der Waals surface area contributed by atoms with Crippen LogP contribution in [0.3, 0.4) is 0 Å². The molecular weight excluding hydrogens is 363 g/mol. The molecule has 1 amide bonds. The summed E-state index contributed by atoms with van der Waals surface area (Å²) in [6, 6.07) is 8.47. The molecule has 1 N–H and O–H groups in total. The molecule has 1 saturated heterocycles. The SMILES string of the molecule is O=C(NCc1ccco1)C1CCCN1Cc1ccc(F)c(Br)c1. The Bertz CT molecular complexity index is 675. The topological polar surface area (TPSA) is 45.5 Å². The molecule has 1 unspecified atom stereocenters. The summed E-state index contributed by atoms with van der Waals surface area (Å²) in [5.74, 6) is 0.480. The van der Waals surface area contributed by atoms with Gasteiger partial charge in [-0.2, -0.15) is 0 Å². The van der Waals surface area contributed by atoms with Crippen molar-refractivity contribution in [1.82, 2.24) is 10.2 Å². The third kappa shape index (κ3) is 4.00. The van der Waals surface area contributed by atoms with Crippen molar-refractivity contribution in [2.24, 2.45) is 0 Å². The Morgan fingerprint density at radius 3 is 3.04 bits per heavy atom. The minimum absolute atomic E-state index is 0.0140. The van der Waals surface area contributed by atoms with Gasteiger partial charge in [0.05, 0.1) is 23.3 Å². The summed E-state index contributed by atoms with van der Waals surface area (Å²) in [5.41, 5.74) is 0.990. The van der Waals surface area contributed by atoms with Crippen molar-refractivity contribution in [1.29, 1.82) is 0 Å². The van der Waals surface area contributed by atoms with E-state index in [0.29, 0.717) is 17.6 Å². The number of hydrogen-bond donors (Lipinski definition) is 1. The molecule has 1 aliphatic heterocycles. The Balaban J connectivity index is 1.60. The molecule has 1 atom stereocenters. The minimum atomic E-state index is -0.275. The van der Waals surface area contributed by atoms with E-state index in [4.69, 9.17) is 4.42 Å². The van der Waals surface area contributed by atoms with E-state index >= 15 is 0 Å². The zero-order chi connectivity index (χ0) is 16.2. The van der Waals surface area contributed by atoms with Crippen LogP contribution in [0.2, 0.25) is 0 Å². The summed E-state index contributed by atoms with van der Waals surface area (Å²) in [4.78, 5) is 14.5. The average Bonchev–Trinajstić information content (AvgIpc) is 3.20. The number of benzene rings is 1. The van der Waals surface area contributed by atoms with Crippen molar-refractivity contribution < 1.29 is 13.6 Å². The molecule has 0 radical (unpaired) electrons. The molecule has 2 aromatic rings. The average molecular weight is 381 g/mol. The molecule has 0 bridgehead atoms. The molecule has 23 heavy (non-hydrogen) atoms. The number of nitrogens with zero attached hydrogens (tertiary/aromatic N) is 1. The third-order valence-corrected chi connectivity index (χ3v) is 4.66. The predicted molar refractivity (Wildman–Crippen MR) is 88.1 cm³/mol. The van der Waals surface area contributed by atoms with Crippen LogP contribution in [0.15, 0.2) is 45.5 Å². The van der Waals surface area contributed by atoms with Gasteiger partial charge in [0, 0.05) is 6.54 Å². The number of rotatable bonds is 5. The van der Waals surface area contributed by atoms with Gasteiger partial charge in [-0.1, -0.05) is 6.07 Å². The Morgan fingerprint density at radius 1 is 1.43 bits per heavy atom. The Labute approximate surface area is 142 Å². The summed E-state index contributed by atoms with van der Waals surface area (Å²) >= 11 is 3.20. The van der Waals surface area contributed by atoms with Crippen LogP contribution >= 0.6 is 15.9 Å². The maximum absolute atomic E-state index is 13.3. The maximum atomic E-state index is 13.3. The molecule has 0 spiro atoms. The van der Waals surface area contributed by atoms with Crippen molar-refractivity contribution >= 4 is 21.8 Å². The summed E-state index contributed by atoms with van der Waals surface area (Å²) < 4.78 is 19.0. The number of carbonyl (C=O) groups excluding carboxylic acids is 1. The van der Waals surface area contributed by atoms with Crippen molar-refractivity contribution in [3.8, 4) is 0 Å². The zero-order valence-corrected chi connectivity index (χ0v) is 14.2. The second kappa shape index (κ2) is 7.27. The van der Waals surface area contributed by atoms with Gasteiger partial charge in [0.15, 0.2) is 0 Å². The van der Waals surface area contributed by atoms with Crippen LogP contribution in [0, 0.1) is 5.82 Å². The summed E-state index contributed by atoms with van der Waals surface area (Å²) in [5, 5.41) is 2.92. The highest BCUT2D eigenvalue weighted by Crippen LogP contribution is 2.23. The molecule has 2 heterocycles. The summed E-state index contributed by atoms with van der Waals surface area (Å²) in [6.45, 7) is 1.91. The number of amides is 1. The van der Waals surface area contributed by atoms with Crippen LogP contribution in [-0.4, -0.2) is 23.4 Å². The van der Waals surface area contributed by atoms with E-state index < -0.39 is 0 Å². The molecule has 1 fully saturated rings. The van der Waals surface area contributed by atoms with Crippen molar-refractivity contribution in [2.75, 3.05) is 6.54 Å². The van der Waals surface area contributed by atoms with E-state index in [1.807, 2.05) is 6.07 Å². The molecule has 0 saturated carbocycles. The maximum Gasteiger partial charge on any atom is 0.237 e. The molecule has 4 nitrogen and oxygen atoms in total. The largest absolute Gasteiger partial charge is 0.467 e. The van der Waals surface area contributed by atoms with Crippen molar-refractivity contribution in [3.63, 3.8) is 0 Å². The highest BCUT2D eigenvalue weighted by atomic mass is 79.9. The monoisotopic (exact) mass is 380 g/mol. The lowest BCUT2D eigenvalue weighted by atomic mass is 10.1. The first-order valence-corrected chi connectivity index (χ1v) is 8.41. The highest BCUT2D eigenvalue weighted by Gasteiger charge is 2.30. The first-order chi connectivity index (χ1) is 11.1. The fraction of sp³-hybridized carbons (Fsp3) is 0.353. The lowest BCUT2D eigenvalue weighted by Crippen LogP contribution is -2.42. The van der Waals surface area contributed by atoms with Crippen molar-refractivity contribution in [2.45, 2.75) is 32.0 Å². The van der Waals surface area contributed by atoms with Crippen molar-refractivity contribution in [3.05, 3.63) is 58.2 Å². The van der Waals surface area contributed by atoms with E-state index in [2.05, 4.69) is 26.1 Å².